The fourth-order valence-electron chi connectivity index (χ4n) is 1.42. The van der Waals surface area contributed by atoms with Crippen LogP contribution in [0, 0.1) is 5.92 Å². The van der Waals surface area contributed by atoms with Crippen LogP contribution >= 0.6 is 11.3 Å². The maximum absolute atomic E-state index is 11.6. The van der Waals surface area contributed by atoms with Crippen molar-refractivity contribution in [2.75, 3.05) is 12.4 Å². The van der Waals surface area contributed by atoms with E-state index in [1.54, 1.807) is 0 Å². The average molecular weight is 272 g/mol. The van der Waals surface area contributed by atoms with E-state index in [4.69, 9.17) is 9.84 Å². The third-order valence-electron chi connectivity index (χ3n) is 2.21. The largest absolute Gasteiger partial charge is 0.476 e. The average Bonchev–Trinajstić information content (AvgIpc) is 2.75. The maximum Gasteiger partial charge on any atom is 0.355 e. The summed E-state index contributed by atoms with van der Waals surface area (Å²) in [5.74, 6) is -1.16. The molecule has 0 aliphatic carbocycles. The number of carbonyl (C=O) groups excluding carboxylic acids is 1. The van der Waals surface area contributed by atoms with Crippen LogP contribution in [-0.4, -0.2) is 35.2 Å². The Kier molecular flexibility index (Phi) is 5.08. The highest BCUT2D eigenvalue weighted by molar-refractivity contribution is 7.13. The third kappa shape index (κ3) is 3.99. The van der Waals surface area contributed by atoms with Crippen molar-refractivity contribution >= 4 is 28.4 Å². The predicted octanol–water partition coefficient (Wildman–Crippen LogP) is 1.84. The Hall–Kier alpha value is -1.63. The number of hydrogen-bond donors (Lipinski definition) is 2. The first-order valence-corrected chi connectivity index (χ1v) is 6.35. The van der Waals surface area contributed by atoms with E-state index in [1.165, 1.54) is 12.5 Å². The standard InChI is InChI=1S/C11H16N2O4S/c1-6(2)4-7(10(16)17-3)12-11-13-8(5-18-11)9(14)15/h5-7H,4H2,1-3H3,(H,12,13)(H,14,15). The molecule has 0 fully saturated rings. The zero-order valence-corrected chi connectivity index (χ0v) is 11.3. The molecule has 18 heavy (non-hydrogen) atoms. The number of thiazole rings is 1. The van der Waals surface area contributed by atoms with Gasteiger partial charge in [-0.05, 0) is 12.3 Å². The fourth-order valence-corrected chi connectivity index (χ4v) is 2.15. The summed E-state index contributed by atoms with van der Waals surface area (Å²) < 4.78 is 4.70. The minimum atomic E-state index is -1.09. The van der Waals surface area contributed by atoms with E-state index in [0.717, 1.165) is 11.3 Å². The molecule has 1 rings (SSSR count). The number of carboxylic acid groups (broad SMARTS) is 1. The lowest BCUT2D eigenvalue weighted by Crippen LogP contribution is -2.32. The van der Waals surface area contributed by atoms with Crippen LogP contribution in [0.25, 0.3) is 0 Å². The van der Waals surface area contributed by atoms with Crippen LogP contribution in [-0.2, 0) is 9.53 Å². The van der Waals surface area contributed by atoms with Crippen molar-refractivity contribution in [3.05, 3.63) is 11.1 Å². The summed E-state index contributed by atoms with van der Waals surface area (Å²) in [7, 11) is 1.32. The van der Waals surface area contributed by atoms with E-state index in [0.29, 0.717) is 17.5 Å². The number of carboxylic acids is 1. The van der Waals surface area contributed by atoms with Gasteiger partial charge in [-0.25, -0.2) is 14.6 Å². The molecular weight excluding hydrogens is 256 g/mol. The van der Waals surface area contributed by atoms with Crippen molar-refractivity contribution in [1.82, 2.24) is 4.98 Å². The van der Waals surface area contributed by atoms with Crippen LogP contribution in [0.15, 0.2) is 5.38 Å². The second-order valence-electron chi connectivity index (χ2n) is 4.19. The SMILES string of the molecule is COC(=O)C(CC(C)C)Nc1nc(C(=O)O)cs1. The third-order valence-corrected chi connectivity index (χ3v) is 2.99. The number of anilines is 1. The van der Waals surface area contributed by atoms with Crippen LogP contribution in [0.3, 0.4) is 0 Å². The Morgan fingerprint density at radius 1 is 1.56 bits per heavy atom. The minimum Gasteiger partial charge on any atom is -0.476 e. The van der Waals surface area contributed by atoms with Crippen molar-refractivity contribution in [3.63, 3.8) is 0 Å². The second-order valence-corrected chi connectivity index (χ2v) is 5.05. The number of ether oxygens (including phenoxy) is 1. The van der Waals surface area contributed by atoms with Gasteiger partial charge in [0.05, 0.1) is 7.11 Å². The lowest BCUT2D eigenvalue weighted by atomic mass is 10.0. The summed E-state index contributed by atoms with van der Waals surface area (Å²) >= 11 is 1.15. The molecule has 2 N–H and O–H groups in total. The Bertz CT molecular complexity index is 430. The molecule has 0 amide bonds. The molecule has 1 heterocycles. The molecular formula is C11H16N2O4S. The highest BCUT2D eigenvalue weighted by Crippen LogP contribution is 2.19. The molecule has 0 saturated carbocycles. The number of hydrogen-bond acceptors (Lipinski definition) is 6. The van der Waals surface area contributed by atoms with E-state index in [1.807, 2.05) is 13.8 Å². The first-order chi connectivity index (χ1) is 8.43. The molecule has 1 aromatic rings. The fraction of sp³-hybridized carbons (Fsp3) is 0.545. The summed E-state index contributed by atoms with van der Waals surface area (Å²) in [5.41, 5.74) is -0.0318. The lowest BCUT2D eigenvalue weighted by molar-refractivity contribution is -0.141. The van der Waals surface area contributed by atoms with Crippen molar-refractivity contribution in [1.29, 1.82) is 0 Å². The summed E-state index contributed by atoms with van der Waals surface area (Å²) in [6.07, 6.45) is 0.592. The van der Waals surface area contributed by atoms with Gasteiger partial charge in [-0.3, -0.25) is 0 Å². The Labute approximate surface area is 109 Å². The first kappa shape index (κ1) is 14.4. The van der Waals surface area contributed by atoms with Crippen molar-refractivity contribution in [3.8, 4) is 0 Å². The van der Waals surface area contributed by atoms with Gasteiger partial charge in [-0.15, -0.1) is 11.3 Å². The summed E-state index contributed by atoms with van der Waals surface area (Å²) in [6, 6.07) is -0.511. The number of methoxy groups -OCH3 is 1. The molecule has 0 radical (unpaired) electrons. The lowest BCUT2D eigenvalue weighted by Gasteiger charge is -2.17. The molecule has 6 nitrogen and oxygen atoms in total. The number of carbonyl (C=O) groups is 2. The van der Waals surface area contributed by atoms with Gasteiger partial charge in [0.2, 0.25) is 0 Å². The number of aromatic carboxylic acids is 1. The normalized spacial score (nSPS) is 12.2. The van der Waals surface area contributed by atoms with Gasteiger partial charge in [0.15, 0.2) is 10.8 Å². The van der Waals surface area contributed by atoms with Gasteiger partial charge < -0.3 is 15.2 Å². The van der Waals surface area contributed by atoms with Gasteiger partial charge in [0, 0.05) is 5.38 Å². The Morgan fingerprint density at radius 3 is 2.67 bits per heavy atom. The van der Waals surface area contributed by atoms with Crippen molar-refractivity contribution < 1.29 is 19.4 Å². The molecule has 100 valence electrons. The quantitative estimate of drug-likeness (QED) is 0.768. The molecule has 1 atom stereocenters. The van der Waals surface area contributed by atoms with Crippen molar-refractivity contribution in [2.24, 2.45) is 5.92 Å². The molecule has 1 unspecified atom stereocenters. The number of nitrogens with zero attached hydrogens (tertiary/aromatic N) is 1. The van der Waals surface area contributed by atoms with Crippen LogP contribution in [0.4, 0.5) is 5.13 Å². The summed E-state index contributed by atoms with van der Waals surface area (Å²) in [6.45, 7) is 3.98. The van der Waals surface area contributed by atoms with Gasteiger partial charge in [-0.1, -0.05) is 13.8 Å². The van der Waals surface area contributed by atoms with E-state index >= 15 is 0 Å². The Balaban J connectivity index is 2.75. The van der Waals surface area contributed by atoms with Gasteiger partial charge in [0.25, 0.3) is 0 Å². The van der Waals surface area contributed by atoms with E-state index in [2.05, 4.69) is 10.3 Å². The Morgan fingerprint density at radius 2 is 2.22 bits per heavy atom. The zero-order valence-electron chi connectivity index (χ0n) is 10.5. The molecule has 1 aromatic heterocycles. The molecule has 0 aliphatic rings. The van der Waals surface area contributed by atoms with Crippen molar-refractivity contribution in [2.45, 2.75) is 26.3 Å². The molecule has 0 aliphatic heterocycles. The summed E-state index contributed by atoms with van der Waals surface area (Å²) in [4.78, 5) is 26.1. The maximum atomic E-state index is 11.6. The second kappa shape index (κ2) is 6.34. The van der Waals surface area contributed by atoms with E-state index < -0.39 is 12.0 Å². The molecule has 0 aromatic carbocycles. The zero-order chi connectivity index (χ0) is 13.7. The van der Waals surface area contributed by atoms with Crippen LogP contribution < -0.4 is 5.32 Å². The topological polar surface area (TPSA) is 88.5 Å². The van der Waals surface area contributed by atoms with Crippen LogP contribution in [0.2, 0.25) is 0 Å². The minimum absolute atomic E-state index is 0.0318. The van der Waals surface area contributed by atoms with Crippen LogP contribution in [0.1, 0.15) is 30.8 Å². The smallest absolute Gasteiger partial charge is 0.355 e. The number of nitrogens with one attached hydrogen (secondary N) is 1. The highest BCUT2D eigenvalue weighted by Gasteiger charge is 2.22. The molecule has 0 spiro atoms. The summed E-state index contributed by atoms with van der Waals surface area (Å²) in [5, 5.41) is 13.5. The first-order valence-electron chi connectivity index (χ1n) is 5.47. The number of aromatic nitrogens is 1. The molecule has 0 bridgehead atoms. The molecule has 7 heteroatoms. The van der Waals surface area contributed by atoms with Gasteiger partial charge >= 0.3 is 11.9 Å². The van der Waals surface area contributed by atoms with Gasteiger partial charge in [-0.2, -0.15) is 0 Å². The number of esters is 1. The van der Waals surface area contributed by atoms with E-state index in [-0.39, 0.29) is 11.7 Å². The van der Waals surface area contributed by atoms with Crippen LogP contribution in [0.5, 0.6) is 0 Å². The number of rotatable bonds is 6. The van der Waals surface area contributed by atoms with Gasteiger partial charge in [0.1, 0.15) is 6.04 Å². The highest BCUT2D eigenvalue weighted by atomic mass is 32.1. The van der Waals surface area contributed by atoms with E-state index in [9.17, 15) is 9.59 Å². The molecule has 0 saturated heterocycles. The monoisotopic (exact) mass is 272 g/mol. The predicted molar refractivity (Wildman–Crippen MR) is 68.0 cm³/mol.